The van der Waals surface area contributed by atoms with Crippen LogP contribution >= 0.6 is 0 Å². The lowest BCUT2D eigenvalue weighted by molar-refractivity contribution is 0.0986. The molecule has 0 aromatic heterocycles. The van der Waals surface area contributed by atoms with Gasteiger partial charge in [-0.25, -0.2) is 0 Å². The van der Waals surface area contributed by atoms with Crippen LogP contribution in [0.4, 0.5) is 11.4 Å². The molecule has 6 heteroatoms. The third-order valence-electron chi connectivity index (χ3n) is 4.26. The van der Waals surface area contributed by atoms with Crippen molar-refractivity contribution in [3.05, 3.63) is 47.5 Å². The molecule has 4 rings (SSSR count). The number of hydrogen-bond acceptors (Lipinski definition) is 5. The first-order valence-corrected chi connectivity index (χ1v) is 7.27. The fraction of sp³-hybridized carbons (Fsp3) is 0.176. The Morgan fingerprint density at radius 2 is 2.09 bits per heavy atom. The van der Waals surface area contributed by atoms with E-state index < -0.39 is 0 Å². The second kappa shape index (κ2) is 5.10. The predicted octanol–water partition coefficient (Wildman–Crippen LogP) is 2.24. The van der Waals surface area contributed by atoms with Gasteiger partial charge >= 0.3 is 0 Å². The number of carbonyl (C=O) groups is 1. The van der Waals surface area contributed by atoms with Gasteiger partial charge in [0.05, 0.1) is 24.4 Å². The number of benzene rings is 2. The number of fused-ring (bicyclic) bond motifs is 4. The monoisotopic (exact) mass is 309 g/mol. The van der Waals surface area contributed by atoms with Gasteiger partial charge in [-0.3, -0.25) is 14.7 Å². The third-order valence-corrected chi connectivity index (χ3v) is 4.26. The molecule has 2 aromatic carbocycles. The van der Waals surface area contributed by atoms with Crippen LogP contribution in [-0.2, 0) is 6.42 Å². The molecule has 0 spiro atoms. The molecule has 116 valence electrons. The standard InChI is InChI=1S/C17H15N3O3/c1-22-15-7-12-13(8-16(15)23-18)19-9-11-6-10-4-2-3-5-14(10)20(11)17(12)21/h2-5,7-9,11H,6,18H2,1H3. The largest absolute Gasteiger partial charge is 0.493 e. The average Bonchev–Trinajstić information content (AvgIpc) is 2.90. The van der Waals surface area contributed by atoms with E-state index in [9.17, 15) is 4.79 Å². The Bertz CT molecular complexity index is 832. The summed E-state index contributed by atoms with van der Waals surface area (Å²) >= 11 is 0. The van der Waals surface area contributed by atoms with E-state index in [4.69, 9.17) is 15.5 Å². The van der Waals surface area contributed by atoms with Crippen molar-refractivity contribution in [2.45, 2.75) is 12.5 Å². The summed E-state index contributed by atoms with van der Waals surface area (Å²) in [6, 6.07) is 11.1. The maximum Gasteiger partial charge on any atom is 0.261 e. The summed E-state index contributed by atoms with van der Waals surface area (Å²) in [5, 5.41) is 0. The Balaban J connectivity index is 1.87. The molecule has 2 N–H and O–H groups in total. The van der Waals surface area contributed by atoms with Gasteiger partial charge in [-0.15, -0.1) is 0 Å². The Hall–Kier alpha value is -2.86. The first-order chi connectivity index (χ1) is 11.2. The van der Waals surface area contributed by atoms with Crippen molar-refractivity contribution < 1.29 is 14.4 Å². The Morgan fingerprint density at radius 1 is 1.26 bits per heavy atom. The molecular formula is C17H15N3O3. The highest BCUT2D eigenvalue weighted by atomic mass is 16.6. The van der Waals surface area contributed by atoms with Gasteiger partial charge in [-0.2, -0.15) is 5.90 Å². The van der Waals surface area contributed by atoms with Gasteiger partial charge in [0.15, 0.2) is 11.5 Å². The first-order valence-electron chi connectivity index (χ1n) is 7.27. The second-order valence-corrected chi connectivity index (χ2v) is 5.49. The molecule has 0 aliphatic carbocycles. The summed E-state index contributed by atoms with van der Waals surface area (Å²) in [6.07, 6.45) is 2.56. The summed E-state index contributed by atoms with van der Waals surface area (Å²) in [4.78, 5) is 24.1. The normalized spacial score (nSPS) is 18.1. The van der Waals surface area contributed by atoms with Crippen LogP contribution in [0.1, 0.15) is 15.9 Å². The van der Waals surface area contributed by atoms with Crippen LogP contribution in [0.15, 0.2) is 41.4 Å². The number of carbonyl (C=O) groups excluding carboxylic acids is 1. The molecule has 2 heterocycles. The fourth-order valence-electron chi connectivity index (χ4n) is 3.17. The average molecular weight is 309 g/mol. The summed E-state index contributed by atoms with van der Waals surface area (Å²) in [5.41, 5.74) is 3.08. The topological polar surface area (TPSA) is 77.2 Å². The highest BCUT2D eigenvalue weighted by Gasteiger charge is 2.36. The van der Waals surface area contributed by atoms with Crippen LogP contribution in [0.5, 0.6) is 11.5 Å². The van der Waals surface area contributed by atoms with Gasteiger partial charge in [0.25, 0.3) is 5.91 Å². The SMILES string of the molecule is COc1cc2c(cc1ON)N=CC1Cc3ccccc3N1C2=O. The highest BCUT2D eigenvalue weighted by Crippen LogP contribution is 2.40. The van der Waals surface area contributed by atoms with Crippen LogP contribution in [0.25, 0.3) is 0 Å². The zero-order valence-corrected chi connectivity index (χ0v) is 12.5. The summed E-state index contributed by atoms with van der Waals surface area (Å²) in [6.45, 7) is 0. The molecule has 23 heavy (non-hydrogen) atoms. The molecule has 2 aromatic rings. The number of para-hydroxylation sites is 1. The fourth-order valence-corrected chi connectivity index (χ4v) is 3.17. The maximum atomic E-state index is 13.1. The predicted molar refractivity (Wildman–Crippen MR) is 86.7 cm³/mol. The van der Waals surface area contributed by atoms with Crippen LogP contribution in [-0.4, -0.2) is 25.3 Å². The van der Waals surface area contributed by atoms with E-state index in [0.717, 1.165) is 17.7 Å². The minimum absolute atomic E-state index is 0.0828. The second-order valence-electron chi connectivity index (χ2n) is 5.49. The van der Waals surface area contributed by atoms with Crippen LogP contribution < -0.4 is 20.4 Å². The number of nitrogens with two attached hydrogens (primary N) is 1. The van der Waals surface area contributed by atoms with E-state index in [0.29, 0.717) is 22.7 Å². The minimum atomic E-state index is -0.102. The number of anilines is 1. The Labute approximate surface area is 133 Å². The van der Waals surface area contributed by atoms with Gasteiger partial charge in [0.1, 0.15) is 0 Å². The number of methoxy groups -OCH3 is 1. The molecule has 1 atom stereocenters. The number of hydrogen-bond donors (Lipinski definition) is 1. The Kier molecular flexibility index (Phi) is 3.06. The lowest BCUT2D eigenvalue weighted by Crippen LogP contribution is -2.37. The minimum Gasteiger partial charge on any atom is -0.493 e. The van der Waals surface area contributed by atoms with Crippen LogP contribution in [0.2, 0.25) is 0 Å². The van der Waals surface area contributed by atoms with Crippen molar-refractivity contribution in [3.63, 3.8) is 0 Å². The van der Waals surface area contributed by atoms with Gasteiger partial charge in [0.2, 0.25) is 0 Å². The van der Waals surface area contributed by atoms with Crippen molar-refractivity contribution in [2.75, 3.05) is 12.0 Å². The Morgan fingerprint density at radius 3 is 2.87 bits per heavy atom. The lowest BCUT2D eigenvalue weighted by Gasteiger charge is -2.21. The number of ether oxygens (including phenoxy) is 1. The molecule has 0 saturated heterocycles. The van der Waals surface area contributed by atoms with Crippen molar-refractivity contribution in [1.82, 2.24) is 0 Å². The third kappa shape index (κ3) is 1.99. The number of aliphatic imine (C=N–C) groups is 1. The molecule has 0 fully saturated rings. The molecule has 0 saturated carbocycles. The molecule has 2 aliphatic rings. The molecule has 0 radical (unpaired) electrons. The number of rotatable bonds is 2. The maximum absolute atomic E-state index is 13.1. The quantitative estimate of drug-likeness (QED) is 0.863. The number of amides is 1. The molecule has 6 nitrogen and oxygen atoms in total. The molecular weight excluding hydrogens is 294 g/mol. The van der Waals surface area contributed by atoms with E-state index >= 15 is 0 Å². The molecule has 2 aliphatic heterocycles. The first kappa shape index (κ1) is 13.8. The van der Waals surface area contributed by atoms with E-state index in [1.807, 2.05) is 24.3 Å². The van der Waals surface area contributed by atoms with Gasteiger partial charge in [-0.05, 0) is 17.7 Å². The van der Waals surface area contributed by atoms with Gasteiger partial charge in [-0.1, -0.05) is 18.2 Å². The van der Waals surface area contributed by atoms with Crippen LogP contribution in [0.3, 0.4) is 0 Å². The van der Waals surface area contributed by atoms with Crippen molar-refractivity contribution >= 4 is 23.5 Å². The van der Waals surface area contributed by atoms with E-state index in [1.165, 1.54) is 7.11 Å². The highest BCUT2D eigenvalue weighted by molar-refractivity contribution is 6.14. The smallest absolute Gasteiger partial charge is 0.261 e. The summed E-state index contributed by atoms with van der Waals surface area (Å²) in [7, 11) is 1.50. The molecule has 0 bridgehead atoms. The van der Waals surface area contributed by atoms with E-state index in [1.54, 1.807) is 23.2 Å². The van der Waals surface area contributed by atoms with E-state index in [2.05, 4.69) is 4.99 Å². The van der Waals surface area contributed by atoms with Gasteiger partial charge in [0, 0.05) is 24.4 Å². The molecule has 1 amide bonds. The van der Waals surface area contributed by atoms with Crippen molar-refractivity contribution in [2.24, 2.45) is 10.9 Å². The summed E-state index contributed by atoms with van der Waals surface area (Å²) in [5.74, 6) is 5.91. The lowest BCUT2D eigenvalue weighted by atomic mass is 10.1. The van der Waals surface area contributed by atoms with Crippen molar-refractivity contribution in [3.8, 4) is 11.5 Å². The zero-order chi connectivity index (χ0) is 16.0. The zero-order valence-electron chi connectivity index (χ0n) is 12.5. The van der Waals surface area contributed by atoms with Gasteiger partial charge < -0.3 is 9.57 Å². The van der Waals surface area contributed by atoms with Crippen molar-refractivity contribution in [1.29, 1.82) is 0 Å². The molecule has 1 unspecified atom stereocenters. The van der Waals surface area contributed by atoms with E-state index in [-0.39, 0.29) is 11.9 Å². The number of nitrogens with zero attached hydrogens (tertiary/aromatic N) is 2. The summed E-state index contributed by atoms with van der Waals surface area (Å²) < 4.78 is 5.24. The van der Waals surface area contributed by atoms with Crippen LogP contribution in [0, 0.1) is 0 Å².